The van der Waals surface area contributed by atoms with Crippen molar-refractivity contribution >= 4 is 0 Å². The van der Waals surface area contributed by atoms with E-state index in [4.69, 9.17) is 4.74 Å². The van der Waals surface area contributed by atoms with Crippen molar-refractivity contribution in [3.05, 3.63) is 12.4 Å². The minimum atomic E-state index is 0.346. The molecular weight excluding hydrogens is 142 g/mol. The number of ether oxygens (including phenoxy) is 1. The first-order valence-electron chi connectivity index (χ1n) is 3.70. The van der Waals surface area contributed by atoms with Crippen molar-refractivity contribution in [3.63, 3.8) is 0 Å². The van der Waals surface area contributed by atoms with E-state index in [0.717, 1.165) is 18.8 Å². The lowest BCUT2D eigenvalue weighted by Crippen LogP contribution is -2.50. The van der Waals surface area contributed by atoms with Crippen LogP contribution in [0, 0.1) is 0 Å². The third-order valence-corrected chi connectivity index (χ3v) is 1.73. The molecule has 1 aliphatic rings. The third kappa shape index (κ3) is 1.35. The van der Waals surface area contributed by atoms with Gasteiger partial charge in [-0.05, 0) is 0 Å². The molecule has 0 radical (unpaired) electrons. The minimum Gasteiger partial charge on any atom is -0.484 e. The van der Waals surface area contributed by atoms with E-state index in [0.29, 0.717) is 6.10 Å². The first-order chi connectivity index (χ1) is 5.34. The van der Waals surface area contributed by atoms with Gasteiger partial charge in [0.2, 0.25) is 0 Å². The molecule has 0 atom stereocenters. The first-order valence-corrected chi connectivity index (χ1v) is 3.70. The largest absolute Gasteiger partial charge is 0.484 e. The zero-order chi connectivity index (χ0) is 7.68. The molecule has 0 spiro atoms. The Kier molecular flexibility index (Phi) is 1.54. The van der Waals surface area contributed by atoms with E-state index in [1.54, 1.807) is 10.9 Å². The molecule has 4 heteroatoms. The maximum Gasteiger partial charge on any atom is 0.157 e. The fraction of sp³-hybridized carbons (Fsp3) is 0.571. The fourth-order valence-corrected chi connectivity index (χ4v) is 0.998. The Balaban J connectivity index is 1.95. The minimum absolute atomic E-state index is 0.346. The average molecular weight is 153 g/mol. The van der Waals surface area contributed by atoms with Crippen molar-refractivity contribution in [2.24, 2.45) is 7.05 Å². The topological polar surface area (TPSA) is 39.1 Å². The maximum atomic E-state index is 5.53. The highest BCUT2D eigenvalue weighted by molar-refractivity contribution is 5.12. The molecule has 2 heterocycles. The highest BCUT2D eigenvalue weighted by atomic mass is 16.5. The Labute approximate surface area is 65.2 Å². The van der Waals surface area contributed by atoms with E-state index < -0.39 is 0 Å². The molecule has 1 saturated heterocycles. The maximum absolute atomic E-state index is 5.53. The molecule has 1 aromatic heterocycles. The number of hydrogen-bond donors (Lipinski definition) is 1. The lowest BCUT2D eigenvalue weighted by molar-refractivity contribution is 0.142. The Hall–Kier alpha value is -1.03. The van der Waals surface area contributed by atoms with Crippen molar-refractivity contribution < 1.29 is 4.74 Å². The van der Waals surface area contributed by atoms with Crippen LogP contribution in [0.4, 0.5) is 0 Å². The summed E-state index contributed by atoms with van der Waals surface area (Å²) >= 11 is 0. The molecule has 0 aromatic carbocycles. The second kappa shape index (κ2) is 2.54. The van der Waals surface area contributed by atoms with Crippen LogP contribution in [0.1, 0.15) is 0 Å². The van der Waals surface area contributed by atoms with Gasteiger partial charge in [0.05, 0.1) is 12.4 Å². The monoisotopic (exact) mass is 153 g/mol. The standard InChI is InChI=1S/C7H11N3O/c1-10-5-7(4-9-10)11-6-2-8-3-6/h4-6,8H,2-3H2,1H3. The van der Waals surface area contributed by atoms with Gasteiger partial charge in [-0.2, -0.15) is 5.10 Å². The van der Waals surface area contributed by atoms with E-state index in [-0.39, 0.29) is 0 Å². The van der Waals surface area contributed by atoms with E-state index in [2.05, 4.69) is 10.4 Å². The van der Waals surface area contributed by atoms with Crippen molar-refractivity contribution in [1.82, 2.24) is 15.1 Å². The molecule has 0 saturated carbocycles. The van der Waals surface area contributed by atoms with Crippen LogP contribution >= 0.6 is 0 Å². The molecule has 4 nitrogen and oxygen atoms in total. The van der Waals surface area contributed by atoms with Crippen LogP contribution in [0.3, 0.4) is 0 Å². The SMILES string of the molecule is Cn1cc(OC2CNC2)cn1. The highest BCUT2D eigenvalue weighted by Crippen LogP contribution is 2.11. The smallest absolute Gasteiger partial charge is 0.157 e. The van der Waals surface area contributed by atoms with Crippen LogP contribution in [0.2, 0.25) is 0 Å². The first kappa shape index (κ1) is 6.67. The number of aromatic nitrogens is 2. The van der Waals surface area contributed by atoms with E-state index in [1.165, 1.54) is 0 Å². The van der Waals surface area contributed by atoms with E-state index in [1.807, 2.05) is 13.2 Å². The number of hydrogen-bond acceptors (Lipinski definition) is 3. The van der Waals surface area contributed by atoms with Gasteiger partial charge in [0, 0.05) is 20.1 Å². The molecule has 1 fully saturated rings. The van der Waals surface area contributed by atoms with Gasteiger partial charge < -0.3 is 10.1 Å². The molecular formula is C7H11N3O. The van der Waals surface area contributed by atoms with Gasteiger partial charge in [-0.15, -0.1) is 0 Å². The second-order valence-corrected chi connectivity index (χ2v) is 2.75. The summed E-state index contributed by atoms with van der Waals surface area (Å²) in [6, 6.07) is 0. The molecule has 0 bridgehead atoms. The van der Waals surface area contributed by atoms with Gasteiger partial charge in [0.15, 0.2) is 5.75 Å². The molecule has 60 valence electrons. The van der Waals surface area contributed by atoms with Crippen LogP contribution in [0.15, 0.2) is 12.4 Å². The molecule has 2 rings (SSSR count). The third-order valence-electron chi connectivity index (χ3n) is 1.73. The molecule has 0 aliphatic carbocycles. The van der Waals surface area contributed by atoms with E-state index >= 15 is 0 Å². The van der Waals surface area contributed by atoms with Crippen LogP contribution in [-0.4, -0.2) is 29.0 Å². The summed E-state index contributed by atoms with van der Waals surface area (Å²) in [5.74, 6) is 0.860. The summed E-state index contributed by atoms with van der Waals surface area (Å²) in [4.78, 5) is 0. The van der Waals surface area contributed by atoms with Gasteiger partial charge in [-0.1, -0.05) is 0 Å². The quantitative estimate of drug-likeness (QED) is 0.638. The Morgan fingerprint density at radius 2 is 2.55 bits per heavy atom. The summed E-state index contributed by atoms with van der Waals surface area (Å²) in [7, 11) is 1.88. The van der Waals surface area contributed by atoms with Gasteiger partial charge >= 0.3 is 0 Å². The van der Waals surface area contributed by atoms with Crippen LogP contribution in [0.25, 0.3) is 0 Å². The number of aryl methyl sites for hydroxylation is 1. The lowest BCUT2D eigenvalue weighted by atomic mass is 10.2. The predicted octanol–water partition coefficient (Wildman–Crippen LogP) is -0.229. The molecule has 1 aromatic rings. The van der Waals surface area contributed by atoms with Gasteiger partial charge in [0.1, 0.15) is 6.10 Å². The molecule has 1 aliphatic heterocycles. The fourth-order valence-electron chi connectivity index (χ4n) is 0.998. The number of nitrogens with zero attached hydrogens (tertiary/aromatic N) is 2. The van der Waals surface area contributed by atoms with Crippen molar-refractivity contribution in [1.29, 1.82) is 0 Å². The van der Waals surface area contributed by atoms with Crippen LogP contribution in [-0.2, 0) is 7.05 Å². The molecule has 11 heavy (non-hydrogen) atoms. The van der Waals surface area contributed by atoms with Crippen molar-refractivity contribution in [3.8, 4) is 5.75 Å². The summed E-state index contributed by atoms with van der Waals surface area (Å²) in [6.45, 7) is 1.91. The zero-order valence-corrected chi connectivity index (χ0v) is 6.45. The summed E-state index contributed by atoms with van der Waals surface area (Å²) in [6.07, 6.45) is 3.95. The Morgan fingerprint density at radius 3 is 3.00 bits per heavy atom. The van der Waals surface area contributed by atoms with Gasteiger partial charge in [-0.25, -0.2) is 0 Å². The van der Waals surface area contributed by atoms with Crippen LogP contribution in [0.5, 0.6) is 5.75 Å². The van der Waals surface area contributed by atoms with Gasteiger partial charge in [-0.3, -0.25) is 4.68 Å². The van der Waals surface area contributed by atoms with Gasteiger partial charge in [0.25, 0.3) is 0 Å². The Bertz CT molecular complexity index is 242. The predicted molar refractivity (Wildman–Crippen MR) is 40.5 cm³/mol. The zero-order valence-electron chi connectivity index (χ0n) is 6.45. The second-order valence-electron chi connectivity index (χ2n) is 2.75. The summed E-state index contributed by atoms with van der Waals surface area (Å²) < 4.78 is 7.26. The van der Waals surface area contributed by atoms with Crippen molar-refractivity contribution in [2.75, 3.05) is 13.1 Å². The number of rotatable bonds is 2. The van der Waals surface area contributed by atoms with Crippen LogP contribution < -0.4 is 10.1 Å². The van der Waals surface area contributed by atoms with Crippen molar-refractivity contribution in [2.45, 2.75) is 6.10 Å². The average Bonchev–Trinajstić information content (AvgIpc) is 2.27. The summed E-state index contributed by atoms with van der Waals surface area (Å²) in [5.41, 5.74) is 0. The number of nitrogens with one attached hydrogen (secondary N) is 1. The molecule has 0 unspecified atom stereocenters. The highest BCUT2D eigenvalue weighted by Gasteiger charge is 2.18. The normalized spacial score (nSPS) is 17.9. The molecule has 1 N–H and O–H groups in total. The Morgan fingerprint density at radius 1 is 1.73 bits per heavy atom. The summed E-state index contributed by atoms with van der Waals surface area (Å²) in [5, 5.41) is 7.14. The van der Waals surface area contributed by atoms with E-state index in [9.17, 15) is 0 Å². The molecule has 0 amide bonds. The lowest BCUT2D eigenvalue weighted by Gasteiger charge is -2.26.